The summed E-state index contributed by atoms with van der Waals surface area (Å²) in [5, 5.41) is 0. The zero-order valence-corrected chi connectivity index (χ0v) is 9.01. The smallest absolute Gasteiger partial charge is 0.0629 e. The van der Waals surface area contributed by atoms with Crippen LogP contribution >= 0.6 is 0 Å². The van der Waals surface area contributed by atoms with Crippen LogP contribution in [-0.4, -0.2) is 4.98 Å². The molecule has 0 fully saturated rings. The number of rotatable bonds is 3. The van der Waals surface area contributed by atoms with Gasteiger partial charge in [0.1, 0.15) is 0 Å². The summed E-state index contributed by atoms with van der Waals surface area (Å²) in [6.45, 7) is 0.588. The summed E-state index contributed by atoms with van der Waals surface area (Å²) in [6, 6.07) is 14.1. The van der Waals surface area contributed by atoms with Crippen LogP contribution in [0, 0.1) is 0 Å². The van der Waals surface area contributed by atoms with Gasteiger partial charge in [-0.05, 0) is 29.3 Å². The van der Waals surface area contributed by atoms with Gasteiger partial charge in [0, 0.05) is 12.7 Å². The predicted octanol–water partition coefficient (Wildman–Crippen LogP) is 2.71. The van der Waals surface area contributed by atoms with Crippen molar-refractivity contribution in [3.05, 3.63) is 65.5 Å². The second-order valence-corrected chi connectivity index (χ2v) is 3.53. The van der Waals surface area contributed by atoms with Crippen LogP contribution < -0.4 is 5.73 Å². The molecule has 0 saturated carbocycles. The second kappa shape index (κ2) is 5.24. The first-order chi connectivity index (χ1) is 7.88. The van der Waals surface area contributed by atoms with Crippen molar-refractivity contribution in [2.75, 3.05) is 0 Å². The van der Waals surface area contributed by atoms with Crippen molar-refractivity contribution < 1.29 is 0 Å². The molecule has 0 spiro atoms. The molecular weight excluding hydrogens is 196 g/mol. The maximum atomic E-state index is 5.54. The molecule has 0 bridgehead atoms. The Kier molecular flexibility index (Phi) is 3.46. The molecule has 2 rings (SSSR count). The van der Waals surface area contributed by atoms with Crippen molar-refractivity contribution in [3.8, 4) is 0 Å². The van der Waals surface area contributed by atoms with Crippen LogP contribution in [0.5, 0.6) is 0 Å². The molecule has 0 aliphatic rings. The van der Waals surface area contributed by atoms with E-state index in [-0.39, 0.29) is 0 Å². The molecule has 0 aliphatic heterocycles. The normalized spacial score (nSPS) is 10.8. The van der Waals surface area contributed by atoms with Gasteiger partial charge in [0.15, 0.2) is 0 Å². The third-order valence-electron chi connectivity index (χ3n) is 2.35. The van der Waals surface area contributed by atoms with E-state index in [9.17, 15) is 0 Å². The third-order valence-corrected chi connectivity index (χ3v) is 2.35. The number of nitrogens with two attached hydrogens (primary N) is 1. The largest absolute Gasteiger partial charge is 0.326 e. The average molecular weight is 210 g/mol. The minimum absolute atomic E-state index is 0.588. The average Bonchev–Trinajstić information content (AvgIpc) is 2.38. The van der Waals surface area contributed by atoms with Crippen LogP contribution in [0.15, 0.2) is 48.7 Å². The molecule has 0 unspecified atom stereocenters. The van der Waals surface area contributed by atoms with Gasteiger partial charge in [0.25, 0.3) is 0 Å². The fourth-order valence-electron chi connectivity index (χ4n) is 1.42. The van der Waals surface area contributed by atoms with Gasteiger partial charge in [0.2, 0.25) is 0 Å². The van der Waals surface area contributed by atoms with E-state index in [1.807, 2.05) is 42.5 Å². The maximum absolute atomic E-state index is 5.54. The second-order valence-electron chi connectivity index (χ2n) is 3.53. The van der Waals surface area contributed by atoms with E-state index in [1.54, 1.807) is 6.20 Å². The van der Waals surface area contributed by atoms with Crippen LogP contribution in [0.4, 0.5) is 0 Å². The lowest BCUT2D eigenvalue weighted by molar-refractivity contribution is 1.07. The van der Waals surface area contributed by atoms with E-state index < -0.39 is 0 Å². The molecule has 80 valence electrons. The van der Waals surface area contributed by atoms with Crippen LogP contribution in [0.1, 0.15) is 16.8 Å². The van der Waals surface area contributed by atoms with Gasteiger partial charge in [-0.1, -0.05) is 36.4 Å². The Morgan fingerprint density at radius 2 is 1.81 bits per heavy atom. The molecule has 2 N–H and O–H groups in total. The number of hydrogen-bond acceptors (Lipinski definition) is 2. The van der Waals surface area contributed by atoms with Crippen molar-refractivity contribution in [3.63, 3.8) is 0 Å². The van der Waals surface area contributed by atoms with Gasteiger partial charge < -0.3 is 5.73 Å². The molecule has 0 amide bonds. The van der Waals surface area contributed by atoms with Gasteiger partial charge in [-0.2, -0.15) is 0 Å². The predicted molar refractivity (Wildman–Crippen MR) is 67.5 cm³/mol. The highest BCUT2D eigenvalue weighted by Crippen LogP contribution is 2.08. The Morgan fingerprint density at radius 1 is 1.00 bits per heavy atom. The van der Waals surface area contributed by atoms with Gasteiger partial charge in [-0.25, -0.2) is 0 Å². The van der Waals surface area contributed by atoms with Crippen LogP contribution in [0.3, 0.4) is 0 Å². The lowest BCUT2D eigenvalue weighted by atomic mass is 10.1. The van der Waals surface area contributed by atoms with E-state index in [2.05, 4.69) is 17.1 Å². The summed E-state index contributed by atoms with van der Waals surface area (Å²) in [5.41, 5.74) is 8.80. The molecule has 2 aromatic rings. The van der Waals surface area contributed by atoms with Crippen molar-refractivity contribution in [1.29, 1.82) is 0 Å². The first-order valence-electron chi connectivity index (χ1n) is 5.26. The van der Waals surface area contributed by atoms with Crippen LogP contribution in [-0.2, 0) is 6.54 Å². The zero-order chi connectivity index (χ0) is 11.2. The van der Waals surface area contributed by atoms with E-state index in [0.717, 1.165) is 16.8 Å². The maximum Gasteiger partial charge on any atom is 0.0629 e. The molecule has 2 heteroatoms. The number of pyridine rings is 1. The van der Waals surface area contributed by atoms with E-state index in [1.165, 1.54) is 0 Å². The van der Waals surface area contributed by atoms with Crippen molar-refractivity contribution in [2.45, 2.75) is 6.54 Å². The molecule has 0 atom stereocenters. The zero-order valence-electron chi connectivity index (χ0n) is 9.01. The van der Waals surface area contributed by atoms with Crippen molar-refractivity contribution in [2.24, 2.45) is 5.73 Å². The highest BCUT2D eigenvalue weighted by Gasteiger charge is 1.90. The number of aromatic nitrogens is 1. The number of nitrogens with zero attached hydrogens (tertiary/aromatic N) is 1. The molecule has 2 nitrogen and oxygen atoms in total. The van der Waals surface area contributed by atoms with Crippen molar-refractivity contribution in [1.82, 2.24) is 4.98 Å². The Balaban J connectivity index is 2.12. The Labute approximate surface area is 95.5 Å². The SMILES string of the molecule is NCc1ccc(/C=C/c2ccccn2)cc1. The highest BCUT2D eigenvalue weighted by atomic mass is 14.6. The van der Waals surface area contributed by atoms with Gasteiger partial charge >= 0.3 is 0 Å². The van der Waals surface area contributed by atoms with E-state index >= 15 is 0 Å². The minimum atomic E-state index is 0.588. The molecular formula is C14H14N2. The Bertz CT molecular complexity index is 458. The molecule has 1 aromatic carbocycles. The van der Waals surface area contributed by atoms with Crippen molar-refractivity contribution >= 4 is 12.2 Å². The number of benzene rings is 1. The fourth-order valence-corrected chi connectivity index (χ4v) is 1.42. The molecule has 1 heterocycles. The molecule has 1 aromatic heterocycles. The molecule has 16 heavy (non-hydrogen) atoms. The van der Waals surface area contributed by atoms with Gasteiger partial charge in [-0.3, -0.25) is 4.98 Å². The van der Waals surface area contributed by atoms with Crippen LogP contribution in [0.2, 0.25) is 0 Å². The first kappa shape index (κ1) is 10.6. The highest BCUT2D eigenvalue weighted by molar-refractivity contribution is 5.67. The summed E-state index contributed by atoms with van der Waals surface area (Å²) in [5.74, 6) is 0. The Morgan fingerprint density at radius 3 is 2.44 bits per heavy atom. The third kappa shape index (κ3) is 2.78. The summed E-state index contributed by atoms with van der Waals surface area (Å²) in [4.78, 5) is 4.22. The molecule has 0 saturated heterocycles. The fraction of sp³-hybridized carbons (Fsp3) is 0.0714. The first-order valence-corrected chi connectivity index (χ1v) is 5.26. The minimum Gasteiger partial charge on any atom is -0.326 e. The Hall–Kier alpha value is -1.93. The summed E-state index contributed by atoms with van der Waals surface area (Å²) >= 11 is 0. The lowest BCUT2D eigenvalue weighted by Gasteiger charge is -1.97. The quantitative estimate of drug-likeness (QED) is 0.846. The molecule has 0 aliphatic carbocycles. The summed E-state index contributed by atoms with van der Waals surface area (Å²) in [7, 11) is 0. The lowest BCUT2D eigenvalue weighted by Crippen LogP contribution is -1.94. The number of hydrogen-bond donors (Lipinski definition) is 1. The summed E-state index contributed by atoms with van der Waals surface area (Å²) < 4.78 is 0. The van der Waals surface area contributed by atoms with Gasteiger partial charge in [-0.15, -0.1) is 0 Å². The van der Waals surface area contributed by atoms with Crippen LogP contribution in [0.25, 0.3) is 12.2 Å². The molecule has 0 radical (unpaired) electrons. The monoisotopic (exact) mass is 210 g/mol. The van der Waals surface area contributed by atoms with Gasteiger partial charge in [0.05, 0.1) is 5.69 Å². The standard InChI is InChI=1S/C14H14N2/c15-11-13-6-4-12(5-7-13)8-9-14-3-1-2-10-16-14/h1-10H,11,15H2/b9-8+. The summed E-state index contributed by atoms with van der Waals surface area (Å²) in [6.07, 6.45) is 5.83. The van der Waals surface area contributed by atoms with E-state index in [0.29, 0.717) is 6.54 Å². The topological polar surface area (TPSA) is 38.9 Å². The van der Waals surface area contributed by atoms with E-state index in [4.69, 9.17) is 5.73 Å².